The van der Waals surface area contributed by atoms with Crippen LogP contribution in [0.1, 0.15) is 169 Å². The van der Waals surface area contributed by atoms with Gasteiger partial charge in [0.25, 0.3) is 23.6 Å². The molecule has 4 aromatic carbocycles. The number of aromatic carboxylic acids is 2. The van der Waals surface area contributed by atoms with Gasteiger partial charge in [-0.15, -0.1) is 0 Å². The SMILES string of the molecule is COC(=O)c1cc(C)ccc1C1=NC(C)(C(C)C)C(=O)N1.COC(=O)c1ccc(C)cc1C1=NC(C)(C(C)C)C(=O)N1.Cc1ccc(C(=O)O)c(C2=NC(C)(C(C)C)C(=O)N2)c1.Cc1ccc(C2=NC(C)(C(C)C)C(=O)N2)c(C(=O)O)c1. The summed E-state index contributed by atoms with van der Waals surface area (Å²) in [5.74, 6) is -1.93. The molecule has 4 unspecified atom stereocenters. The van der Waals surface area contributed by atoms with E-state index in [9.17, 15) is 48.6 Å². The zero-order valence-corrected chi connectivity index (χ0v) is 50.0. The Morgan fingerprint density at radius 1 is 0.390 bits per heavy atom. The molecule has 4 aliphatic heterocycles. The molecule has 82 heavy (non-hydrogen) atoms. The Labute approximate surface area is 478 Å². The number of amides is 4. The number of carbonyl (C=O) groups excluding carboxylic acids is 6. The summed E-state index contributed by atoms with van der Waals surface area (Å²) in [6, 6.07) is 20.8. The Morgan fingerprint density at radius 3 is 0.951 bits per heavy atom. The van der Waals surface area contributed by atoms with Gasteiger partial charge in [0.1, 0.15) is 45.5 Å². The first kappa shape index (κ1) is 64.1. The Morgan fingerprint density at radius 2 is 0.646 bits per heavy atom. The van der Waals surface area contributed by atoms with E-state index in [4.69, 9.17) is 9.47 Å². The average molecular weight is 1130 g/mol. The van der Waals surface area contributed by atoms with Crippen LogP contribution in [0.25, 0.3) is 0 Å². The number of benzene rings is 4. The lowest BCUT2D eigenvalue weighted by Crippen LogP contribution is -2.41. The third kappa shape index (κ3) is 13.2. The first-order valence-electron chi connectivity index (χ1n) is 26.8. The summed E-state index contributed by atoms with van der Waals surface area (Å²) in [6.07, 6.45) is 0. The molecular weight excluding hydrogens is 1050 g/mol. The van der Waals surface area contributed by atoms with Crippen LogP contribution >= 0.6 is 0 Å². The van der Waals surface area contributed by atoms with Crippen LogP contribution in [0.4, 0.5) is 0 Å². The number of hydrogen-bond acceptors (Lipinski definition) is 14. The molecular formula is C62H76N8O12. The third-order valence-electron chi connectivity index (χ3n) is 15.6. The zero-order chi connectivity index (χ0) is 61.7. The molecule has 4 atom stereocenters. The molecule has 0 aromatic heterocycles. The average Bonchev–Trinajstić information content (AvgIpc) is 4.14. The van der Waals surface area contributed by atoms with Crippen molar-refractivity contribution in [1.29, 1.82) is 0 Å². The monoisotopic (exact) mass is 1120 g/mol. The van der Waals surface area contributed by atoms with E-state index in [0.717, 1.165) is 22.3 Å². The van der Waals surface area contributed by atoms with E-state index in [-0.39, 0.29) is 58.4 Å². The number of carboxylic acids is 2. The highest BCUT2D eigenvalue weighted by atomic mass is 16.5. The van der Waals surface area contributed by atoms with Crippen molar-refractivity contribution in [3.05, 3.63) is 140 Å². The number of amidine groups is 4. The molecule has 4 aliphatic rings. The van der Waals surface area contributed by atoms with Gasteiger partial charge in [0, 0.05) is 22.3 Å². The van der Waals surface area contributed by atoms with Crippen molar-refractivity contribution in [3.63, 3.8) is 0 Å². The molecule has 0 bridgehead atoms. The number of ether oxygens (including phenoxy) is 2. The van der Waals surface area contributed by atoms with Gasteiger partial charge >= 0.3 is 23.9 Å². The molecule has 0 fully saturated rings. The Hall–Kier alpha value is -8.68. The molecule has 6 N–H and O–H groups in total. The van der Waals surface area contributed by atoms with E-state index in [1.807, 2.05) is 107 Å². The molecule has 8 rings (SSSR count). The number of hydrogen-bond donors (Lipinski definition) is 6. The van der Waals surface area contributed by atoms with Gasteiger partial charge in [0.05, 0.1) is 36.5 Å². The molecule has 0 aliphatic carbocycles. The van der Waals surface area contributed by atoms with E-state index in [1.165, 1.54) is 20.3 Å². The summed E-state index contributed by atoms with van der Waals surface area (Å²) in [5.41, 5.74) is 3.54. The fourth-order valence-electron chi connectivity index (χ4n) is 8.62. The smallest absolute Gasteiger partial charge is 0.338 e. The molecule has 4 aromatic rings. The normalized spacial score (nSPS) is 21.5. The van der Waals surface area contributed by atoms with Gasteiger partial charge in [-0.2, -0.15) is 0 Å². The lowest BCUT2D eigenvalue weighted by Gasteiger charge is -2.21. The minimum Gasteiger partial charge on any atom is -0.478 e. The molecule has 0 spiro atoms. The number of methoxy groups -OCH3 is 2. The number of aliphatic imine (C=N–C) groups is 4. The summed E-state index contributed by atoms with van der Waals surface area (Å²) < 4.78 is 9.61. The van der Waals surface area contributed by atoms with Crippen molar-refractivity contribution in [1.82, 2.24) is 21.3 Å². The first-order valence-corrected chi connectivity index (χ1v) is 26.8. The molecule has 4 amide bonds. The van der Waals surface area contributed by atoms with Crippen molar-refractivity contribution in [2.75, 3.05) is 14.2 Å². The number of rotatable bonds is 12. The molecule has 0 saturated carbocycles. The highest BCUT2D eigenvalue weighted by molar-refractivity contribution is 6.21. The van der Waals surface area contributed by atoms with Crippen molar-refractivity contribution >= 4 is 70.8 Å². The maximum atomic E-state index is 12.2. The number of carbonyl (C=O) groups is 8. The van der Waals surface area contributed by atoms with Crippen LogP contribution in [0.5, 0.6) is 0 Å². The van der Waals surface area contributed by atoms with Crippen LogP contribution in [0, 0.1) is 51.4 Å². The molecule has 20 nitrogen and oxygen atoms in total. The van der Waals surface area contributed by atoms with Crippen molar-refractivity contribution < 1.29 is 58.0 Å². The largest absolute Gasteiger partial charge is 0.478 e. The zero-order valence-electron chi connectivity index (χ0n) is 50.0. The van der Waals surface area contributed by atoms with E-state index in [2.05, 4.69) is 41.2 Å². The second-order valence-corrected chi connectivity index (χ2v) is 22.7. The Kier molecular flexibility index (Phi) is 19.6. The second-order valence-electron chi connectivity index (χ2n) is 22.7. The summed E-state index contributed by atoms with van der Waals surface area (Å²) in [5, 5.41) is 29.5. The minimum atomic E-state index is -1.03. The first-order chi connectivity index (χ1) is 38.1. The van der Waals surface area contributed by atoms with Gasteiger partial charge in [-0.1, -0.05) is 114 Å². The van der Waals surface area contributed by atoms with Gasteiger partial charge < -0.3 is 41.0 Å². The number of nitrogens with one attached hydrogen (secondary N) is 4. The fourth-order valence-corrected chi connectivity index (χ4v) is 8.62. The molecule has 4 heterocycles. The topological polar surface area (TPSA) is 293 Å². The predicted molar refractivity (Wildman–Crippen MR) is 313 cm³/mol. The van der Waals surface area contributed by atoms with E-state index in [0.29, 0.717) is 56.7 Å². The maximum Gasteiger partial charge on any atom is 0.338 e. The molecule has 20 heteroatoms. The quantitative estimate of drug-likeness (QED) is 0.0734. The van der Waals surface area contributed by atoms with Crippen LogP contribution in [-0.2, 0) is 28.7 Å². The number of aryl methyl sites for hydroxylation is 4. The minimum absolute atomic E-state index is 0.0260. The number of esters is 2. The molecule has 436 valence electrons. The highest BCUT2D eigenvalue weighted by Gasteiger charge is 2.46. The van der Waals surface area contributed by atoms with Crippen LogP contribution < -0.4 is 21.3 Å². The summed E-state index contributed by atoms with van der Waals surface area (Å²) >= 11 is 0. The molecule has 0 radical (unpaired) electrons. The van der Waals surface area contributed by atoms with Crippen molar-refractivity contribution in [3.8, 4) is 0 Å². The number of nitrogens with zero attached hydrogens (tertiary/aromatic N) is 4. The van der Waals surface area contributed by atoms with E-state index >= 15 is 0 Å². The Balaban J connectivity index is 0.000000200. The van der Waals surface area contributed by atoms with Gasteiger partial charge in [0.15, 0.2) is 0 Å². The Bertz CT molecular complexity index is 3390. The lowest BCUT2D eigenvalue weighted by molar-refractivity contribution is -0.125. The third-order valence-corrected chi connectivity index (χ3v) is 15.6. The summed E-state index contributed by atoms with van der Waals surface area (Å²) in [6.45, 7) is 30.1. The fraction of sp³-hybridized carbons (Fsp3) is 0.419. The second kappa shape index (κ2) is 25.0. The van der Waals surface area contributed by atoms with E-state index in [1.54, 1.807) is 70.2 Å². The lowest BCUT2D eigenvalue weighted by atomic mass is 9.89. The van der Waals surface area contributed by atoms with Gasteiger partial charge in [-0.25, -0.2) is 19.2 Å². The summed E-state index contributed by atoms with van der Waals surface area (Å²) in [4.78, 5) is 113. The van der Waals surface area contributed by atoms with Gasteiger partial charge in [-0.05, 0) is 115 Å². The van der Waals surface area contributed by atoms with Crippen molar-refractivity contribution in [2.45, 2.75) is 133 Å². The number of carboxylic acid groups (broad SMARTS) is 2. The molecule has 0 saturated heterocycles. The van der Waals surface area contributed by atoms with Gasteiger partial charge in [-0.3, -0.25) is 39.1 Å². The summed E-state index contributed by atoms with van der Waals surface area (Å²) in [7, 11) is 2.67. The van der Waals surface area contributed by atoms with E-state index < -0.39 is 46.0 Å². The van der Waals surface area contributed by atoms with Crippen LogP contribution in [0.2, 0.25) is 0 Å². The van der Waals surface area contributed by atoms with Crippen molar-refractivity contribution in [2.24, 2.45) is 43.6 Å². The predicted octanol–water partition coefficient (Wildman–Crippen LogP) is 8.11. The maximum absolute atomic E-state index is 12.2. The standard InChI is InChI=1S/2C16H20N2O3.2C15H18N2O3/c1-9(2)16(4)15(20)17-13(18-16)12-8-10(3)6-7-11(12)14(19)21-5;1-9(2)16(4)15(20)17-13(18-16)11-7-6-10(3)8-12(11)14(19)21-5;1-8(2)15(4)14(20)16-12(17-15)11-7-9(3)5-6-10(11)13(18)19;1-8(2)15(4)14(20)16-12(17-15)10-6-5-9(3)7-11(10)13(18)19/h2*6-9H,1-5H3,(H,17,18,20);2*5-8H,1-4H3,(H,18,19)(H,16,17,20). The highest BCUT2D eigenvalue weighted by Crippen LogP contribution is 2.32. The van der Waals surface area contributed by atoms with Crippen LogP contribution in [0.3, 0.4) is 0 Å². The van der Waals surface area contributed by atoms with Crippen LogP contribution in [-0.4, -0.2) is 117 Å². The van der Waals surface area contributed by atoms with Gasteiger partial charge in [0.2, 0.25) is 0 Å². The van der Waals surface area contributed by atoms with Crippen LogP contribution in [0.15, 0.2) is 92.8 Å².